The molecule has 1 aromatic rings. The van der Waals surface area contributed by atoms with Crippen molar-refractivity contribution in [1.29, 1.82) is 5.26 Å². The molecule has 0 spiro atoms. The molecule has 84 valence electrons. The first-order valence-corrected chi connectivity index (χ1v) is 6.26. The van der Waals surface area contributed by atoms with Gasteiger partial charge in [0.05, 0.1) is 0 Å². The molecular weight excluding hydrogens is 220 g/mol. The molecule has 0 aromatic carbocycles. The summed E-state index contributed by atoms with van der Waals surface area (Å²) in [6.45, 7) is 6.27. The summed E-state index contributed by atoms with van der Waals surface area (Å²) in [5.41, 5.74) is 0.425. The van der Waals surface area contributed by atoms with Crippen LogP contribution in [0, 0.1) is 11.3 Å². The molecule has 0 radical (unpaired) electrons. The Morgan fingerprint density at radius 1 is 1.31 bits per heavy atom. The van der Waals surface area contributed by atoms with E-state index in [1.54, 1.807) is 12.4 Å². The highest BCUT2D eigenvalue weighted by Crippen LogP contribution is 2.28. The van der Waals surface area contributed by atoms with Crippen molar-refractivity contribution in [3.05, 3.63) is 18.1 Å². The lowest BCUT2D eigenvalue weighted by Crippen LogP contribution is -2.41. The van der Waals surface area contributed by atoms with Gasteiger partial charge in [0, 0.05) is 36.0 Å². The second kappa shape index (κ2) is 4.71. The van der Waals surface area contributed by atoms with Gasteiger partial charge in [-0.25, -0.2) is 9.97 Å². The average Bonchev–Trinajstić information content (AvgIpc) is 2.27. The first-order chi connectivity index (χ1) is 7.70. The van der Waals surface area contributed by atoms with Crippen LogP contribution >= 0.6 is 11.8 Å². The van der Waals surface area contributed by atoms with Crippen molar-refractivity contribution < 1.29 is 0 Å². The number of thioether (sulfide) groups is 1. The number of hydrogen-bond donors (Lipinski definition) is 0. The Kier molecular flexibility index (Phi) is 3.30. The van der Waals surface area contributed by atoms with Crippen LogP contribution in [0.15, 0.2) is 12.4 Å². The minimum Gasteiger partial charge on any atom is -0.352 e. The van der Waals surface area contributed by atoms with Crippen LogP contribution < -0.4 is 4.90 Å². The maximum Gasteiger partial charge on any atom is 0.183 e. The van der Waals surface area contributed by atoms with Crippen molar-refractivity contribution in [3.63, 3.8) is 0 Å². The number of hydrogen-bond acceptors (Lipinski definition) is 5. The molecule has 1 aliphatic heterocycles. The van der Waals surface area contributed by atoms with Gasteiger partial charge in [-0.3, -0.25) is 0 Å². The molecule has 1 aliphatic rings. The van der Waals surface area contributed by atoms with Crippen LogP contribution in [-0.2, 0) is 0 Å². The Morgan fingerprint density at radius 3 is 2.56 bits per heavy atom. The van der Waals surface area contributed by atoms with Crippen LogP contribution in [0.2, 0.25) is 0 Å². The fourth-order valence-electron chi connectivity index (χ4n) is 1.99. The highest BCUT2D eigenvalue weighted by molar-refractivity contribution is 8.00. The number of anilines is 1. The Morgan fingerprint density at radius 2 is 1.94 bits per heavy atom. The van der Waals surface area contributed by atoms with Gasteiger partial charge in [-0.15, -0.1) is 0 Å². The molecule has 16 heavy (non-hydrogen) atoms. The van der Waals surface area contributed by atoms with Crippen LogP contribution in [0.1, 0.15) is 19.5 Å². The number of rotatable bonds is 1. The lowest BCUT2D eigenvalue weighted by atomic mass is 10.3. The van der Waals surface area contributed by atoms with Crippen LogP contribution in [0.3, 0.4) is 0 Å². The molecule has 2 rings (SSSR count). The van der Waals surface area contributed by atoms with Crippen molar-refractivity contribution in [3.8, 4) is 6.07 Å². The zero-order valence-electron chi connectivity index (χ0n) is 9.42. The fourth-order valence-corrected chi connectivity index (χ4v) is 3.32. The average molecular weight is 234 g/mol. The van der Waals surface area contributed by atoms with E-state index in [9.17, 15) is 0 Å². The van der Waals surface area contributed by atoms with Gasteiger partial charge in [0.25, 0.3) is 0 Å². The minimum absolute atomic E-state index is 0.425. The second-order valence-corrected chi connectivity index (χ2v) is 5.88. The molecule has 0 N–H and O–H groups in total. The van der Waals surface area contributed by atoms with E-state index in [-0.39, 0.29) is 0 Å². The highest BCUT2D eigenvalue weighted by atomic mass is 32.2. The molecule has 1 aromatic heterocycles. The summed E-state index contributed by atoms with van der Waals surface area (Å²) in [6, 6.07) is 2.10. The van der Waals surface area contributed by atoms with Gasteiger partial charge in [0.15, 0.2) is 11.5 Å². The predicted octanol–water partition coefficient (Wildman–Crippen LogP) is 1.68. The molecule has 2 heterocycles. The molecule has 0 amide bonds. The van der Waals surface area contributed by atoms with Crippen LogP contribution in [0.25, 0.3) is 0 Å². The third-order valence-corrected chi connectivity index (χ3v) is 3.73. The van der Waals surface area contributed by atoms with Gasteiger partial charge in [-0.1, -0.05) is 13.8 Å². The third-order valence-electron chi connectivity index (χ3n) is 2.50. The summed E-state index contributed by atoms with van der Waals surface area (Å²) >= 11 is 1.98. The molecule has 1 saturated heterocycles. The van der Waals surface area contributed by atoms with Gasteiger partial charge >= 0.3 is 0 Å². The smallest absolute Gasteiger partial charge is 0.183 e. The quantitative estimate of drug-likeness (QED) is 0.740. The van der Waals surface area contributed by atoms with E-state index in [0.29, 0.717) is 16.2 Å². The fraction of sp³-hybridized carbons (Fsp3) is 0.545. The minimum atomic E-state index is 0.425. The van der Waals surface area contributed by atoms with E-state index in [1.165, 1.54) is 0 Å². The first kappa shape index (κ1) is 11.2. The van der Waals surface area contributed by atoms with Crippen molar-refractivity contribution >= 4 is 17.6 Å². The Labute approximate surface area is 99.7 Å². The molecule has 5 heteroatoms. The Balaban J connectivity index is 2.26. The molecule has 4 nitrogen and oxygen atoms in total. The molecule has 1 fully saturated rings. The van der Waals surface area contributed by atoms with Gasteiger partial charge in [0.1, 0.15) is 6.07 Å². The van der Waals surface area contributed by atoms with E-state index in [4.69, 9.17) is 5.26 Å². The van der Waals surface area contributed by atoms with Gasteiger partial charge < -0.3 is 4.90 Å². The third kappa shape index (κ3) is 2.27. The largest absolute Gasteiger partial charge is 0.352 e. The van der Waals surface area contributed by atoms with Crippen molar-refractivity contribution in [2.45, 2.75) is 24.3 Å². The monoisotopic (exact) mass is 234 g/mol. The standard InChI is InChI=1S/C11H14N4S/c1-8-6-15(7-9(2)16-8)11-10(5-12)13-3-4-14-11/h3-4,8-9H,6-7H2,1-2H3. The van der Waals surface area contributed by atoms with Crippen molar-refractivity contribution in [2.75, 3.05) is 18.0 Å². The number of nitriles is 1. The number of nitrogens with zero attached hydrogens (tertiary/aromatic N) is 4. The van der Waals surface area contributed by atoms with Gasteiger partial charge in [0.2, 0.25) is 0 Å². The zero-order valence-corrected chi connectivity index (χ0v) is 10.2. The van der Waals surface area contributed by atoms with Gasteiger partial charge in [-0.2, -0.15) is 17.0 Å². The van der Waals surface area contributed by atoms with E-state index in [1.807, 2.05) is 11.8 Å². The SMILES string of the molecule is CC1CN(c2nccnc2C#N)CC(C)S1. The van der Waals surface area contributed by atoms with Crippen LogP contribution in [-0.4, -0.2) is 33.6 Å². The van der Waals surface area contributed by atoms with Crippen LogP contribution in [0.5, 0.6) is 0 Å². The van der Waals surface area contributed by atoms with Gasteiger partial charge in [-0.05, 0) is 0 Å². The molecule has 2 unspecified atom stereocenters. The topological polar surface area (TPSA) is 52.8 Å². The summed E-state index contributed by atoms with van der Waals surface area (Å²) in [7, 11) is 0. The first-order valence-electron chi connectivity index (χ1n) is 5.32. The van der Waals surface area contributed by atoms with E-state index >= 15 is 0 Å². The lowest BCUT2D eigenvalue weighted by molar-refractivity contribution is 0.715. The maximum atomic E-state index is 9.00. The van der Waals surface area contributed by atoms with Crippen molar-refractivity contribution in [1.82, 2.24) is 9.97 Å². The predicted molar refractivity (Wildman–Crippen MR) is 65.5 cm³/mol. The summed E-state index contributed by atoms with van der Waals surface area (Å²) in [5.74, 6) is 0.726. The van der Waals surface area contributed by atoms with E-state index < -0.39 is 0 Å². The number of aromatic nitrogens is 2. The summed E-state index contributed by atoms with van der Waals surface area (Å²) in [6.07, 6.45) is 3.21. The molecular formula is C11H14N4S. The zero-order chi connectivity index (χ0) is 11.5. The van der Waals surface area contributed by atoms with E-state index in [0.717, 1.165) is 18.9 Å². The van der Waals surface area contributed by atoms with Crippen molar-refractivity contribution in [2.24, 2.45) is 0 Å². The summed E-state index contributed by atoms with van der Waals surface area (Å²) in [5, 5.41) is 10.1. The van der Waals surface area contributed by atoms with E-state index in [2.05, 4.69) is 34.8 Å². The normalized spacial score (nSPS) is 25.2. The summed E-state index contributed by atoms with van der Waals surface area (Å²) in [4.78, 5) is 10.5. The molecule has 0 bridgehead atoms. The Bertz CT molecular complexity index is 405. The maximum absolute atomic E-state index is 9.00. The molecule has 0 aliphatic carbocycles. The molecule has 0 saturated carbocycles. The highest BCUT2D eigenvalue weighted by Gasteiger charge is 2.25. The summed E-state index contributed by atoms with van der Waals surface area (Å²) < 4.78 is 0. The second-order valence-electron chi connectivity index (χ2n) is 4.00. The Hall–Kier alpha value is -1.28. The lowest BCUT2D eigenvalue weighted by Gasteiger charge is -2.35. The van der Waals surface area contributed by atoms with Crippen LogP contribution in [0.4, 0.5) is 5.82 Å². The molecule has 2 atom stereocenters.